The number of hydrogen-bond donors (Lipinski definition) is 1. The second kappa shape index (κ2) is 5.77. The summed E-state index contributed by atoms with van der Waals surface area (Å²) in [7, 11) is 0. The van der Waals surface area contributed by atoms with Crippen LogP contribution in [0.1, 0.15) is 19.4 Å². The fourth-order valence-electron chi connectivity index (χ4n) is 1.71. The van der Waals surface area contributed by atoms with Gasteiger partial charge in [-0.1, -0.05) is 41.9 Å². The summed E-state index contributed by atoms with van der Waals surface area (Å²) in [6, 6.07) is 10.9. The second-order valence-corrected chi connectivity index (χ2v) is 5.52. The number of amides is 1. The Hall–Kier alpha value is -1.65. The van der Waals surface area contributed by atoms with Gasteiger partial charge in [0.05, 0.1) is 5.41 Å². The van der Waals surface area contributed by atoms with Crippen molar-refractivity contribution in [1.82, 2.24) is 9.97 Å². The molecule has 1 amide bonds. The first-order valence-corrected chi connectivity index (χ1v) is 6.72. The quantitative estimate of drug-likeness (QED) is 0.694. The predicted octanol–water partition coefficient (Wildman–Crippen LogP) is 3.70. The minimum atomic E-state index is -0.703. The smallest absolute Gasteiger partial charge is 0.235 e. The zero-order valence-corrected chi connectivity index (χ0v) is 12.5. The van der Waals surface area contributed by atoms with Gasteiger partial charge in [0.2, 0.25) is 11.2 Å². The third-order valence-electron chi connectivity index (χ3n) is 2.97. The standard InChI is InChI=1S/C14H13Cl2N3O/c1-14(2,9-6-4-3-5-7-9)12(20)18-11-8-10(15)17-13(16)19-11/h3-8H,1-2H3,(H,17,18,19,20). The van der Waals surface area contributed by atoms with Crippen molar-refractivity contribution in [1.29, 1.82) is 0 Å². The Morgan fingerprint density at radius 2 is 1.80 bits per heavy atom. The summed E-state index contributed by atoms with van der Waals surface area (Å²) in [5.74, 6) is 0.0820. The molecule has 0 fully saturated rings. The molecule has 0 aliphatic heterocycles. The van der Waals surface area contributed by atoms with E-state index in [4.69, 9.17) is 23.2 Å². The summed E-state index contributed by atoms with van der Waals surface area (Å²) in [6.45, 7) is 3.67. The van der Waals surface area contributed by atoms with Crippen LogP contribution < -0.4 is 5.32 Å². The van der Waals surface area contributed by atoms with Crippen LogP contribution in [0.25, 0.3) is 0 Å². The van der Waals surface area contributed by atoms with Crippen molar-refractivity contribution in [2.24, 2.45) is 0 Å². The van der Waals surface area contributed by atoms with E-state index in [1.54, 1.807) is 0 Å². The van der Waals surface area contributed by atoms with E-state index in [-0.39, 0.29) is 22.2 Å². The Morgan fingerprint density at radius 3 is 2.40 bits per heavy atom. The van der Waals surface area contributed by atoms with Crippen LogP contribution in [0.4, 0.5) is 5.82 Å². The Bertz CT molecular complexity index is 609. The molecule has 0 saturated heterocycles. The Morgan fingerprint density at radius 1 is 1.15 bits per heavy atom. The Kier molecular flexibility index (Phi) is 4.26. The second-order valence-electron chi connectivity index (χ2n) is 4.79. The summed E-state index contributed by atoms with van der Waals surface area (Å²) in [5, 5.41) is 2.87. The first-order chi connectivity index (χ1) is 9.39. The highest BCUT2D eigenvalue weighted by Crippen LogP contribution is 2.25. The zero-order valence-electron chi connectivity index (χ0n) is 11.0. The maximum atomic E-state index is 12.4. The van der Waals surface area contributed by atoms with E-state index < -0.39 is 5.41 Å². The highest BCUT2D eigenvalue weighted by molar-refractivity contribution is 6.32. The van der Waals surface area contributed by atoms with Crippen molar-refractivity contribution in [3.63, 3.8) is 0 Å². The molecule has 0 saturated carbocycles. The van der Waals surface area contributed by atoms with Gasteiger partial charge in [0.1, 0.15) is 11.0 Å². The van der Waals surface area contributed by atoms with E-state index in [1.807, 2.05) is 44.2 Å². The maximum absolute atomic E-state index is 12.4. The molecule has 0 aliphatic rings. The molecule has 2 aromatic rings. The Labute approximate surface area is 127 Å². The summed E-state index contributed by atoms with van der Waals surface area (Å²) >= 11 is 11.5. The third kappa shape index (κ3) is 3.26. The van der Waals surface area contributed by atoms with Crippen molar-refractivity contribution in [2.45, 2.75) is 19.3 Å². The van der Waals surface area contributed by atoms with Crippen molar-refractivity contribution < 1.29 is 4.79 Å². The lowest BCUT2D eigenvalue weighted by molar-refractivity contribution is -0.120. The van der Waals surface area contributed by atoms with E-state index in [0.29, 0.717) is 0 Å². The molecule has 20 heavy (non-hydrogen) atoms. The molecule has 1 aromatic heterocycles. The molecule has 0 radical (unpaired) electrons. The van der Waals surface area contributed by atoms with Gasteiger partial charge < -0.3 is 5.32 Å². The van der Waals surface area contributed by atoms with E-state index in [9.17, 15) is 4.79 Å². The van der Waals surface area contributed by atoms with Gasteiger partial charge in [0.25, 0.3) is 0 Å². The number of aromatic nitrogens is 2. The number of halogens is 2. The lowest BCUT2D eigenvalue weighted by Gasteiger charge is -2.23. The SMILES string of the molecule is CC(C)(C(=O)Nc1cc(Cl)nc(Cl)n1)c1ccccc1. The van der Waals surface area contributed by atoms with E-state index in [0.717, 1.165) is 5.56 Å². The van der Waals surface area contributed by atoms with Crippen LogP contribution in [-0.4, -0.2) is 15.9 Å². The first-order valence-electron chi connectivity index (χ1n) is 5.96. The zero-order chi connectivity index (χ0) is 14.8. The van der Waals surface area contributed by atoms with Gasteiger partial charge in [0.15, 0.2) is 0 Å². The molecule has 1 N–H and O–H groups in total. The van der Waals surface area contributed by atoms with Crippen LogP contribution in [0.3, 0.4) is 0 Å². The average Bonchev–Trinajstić information content (AvgIpc) is 2.38. The van der Waals surface area contributed by atoms with Gasteiger partial charge in [-0.25, -0.2) is 9.97 Å². The largest absolute Gasteiger partial charge is 0.310 e. The van der Waals surface area contributed by atoms with Gasteiger partial charge in [-0.15, -0.1) is 0 Å². The van der Waals surface area contributed by atoms with Gasteiger partial charge in [-0.2, -0.15) is 0 Å². The molecule has 0 aliphatic carbocycles. The first kappa shape index (κ1) is 14.8. The van der Waals surface area contributed by atoms with Gasteiger partial charge in [-0.05, 0) is 31.0 Å². The normalized spacial score (nSPS) is 11.2. The maximum Gasteiger partial charge on any atom is 0.235 e. The molecular formula is C14H13Cl2N3O. The lowest BCUT2D eigenvalue weighted by atomic mass is 9.84. The molecule has 1 heterocycles. The summed E-state index contributed by atoms with van der Waals surface area (Å²) in [4.78, 5) is 20.0. The number of carbonyl (C=O) groups is 1. The van der Waals surface area contributed by atoms with Crippen LogP contribution in [0, 0.1) is 0 Å². The van der Waals surface area contributed by atoms with Crippen LogP contribution in [-0.2, 0) is 10.2 Å². The monoisotopic (exact) mass is 309 g/mol. The third-order valence-corrected chi connectivity index (χ3v) is 3.33. The van der Waals surface area contributed by atoms with Crippen LogP contribution in [0.5, 0.6) is 0 Å². The number of hydrogen-bond acceptors (Lipinski definition) is 3. The molecule has 1 aromatic carbocycles. The van der Waals surface area contributed by atoms with Gasteiger partial charge in [-0.3, -0.25) is 4.79 Å². The molecule has 0 bridgehead atoms. The number of nitrogens with zero attached hydrogens (tertiary/aromatic N) is 2. The van der Waals surface area contributed by atoms with Crippen LogP contribution in [0.2, 0.25) is 10.4 Å². The molecule has 6 heteroatoms. The Balaban J connectivity index is 2.23. The predicted molar refractivity (Wildman–Crippen MR) is 80.1 cm³/mol. The lowest BCUT2D eigenvalue weighted by Crippen LogP contribution is -2.35. The number of anilines is 1. The summed E-state index contributed by atoms with van der Waals surface area (Å²) in [6.07, 6.45) is 0. The van der Waals surface area contributed by atoms with Crippen molar-refractivity contribution >= 4 is 34.9 Å². The van der Waals surface area contributed by atoms with Crippen molar-refractivity contribution in [2.75, 3.05) is 5.32 Å². The molecule has 104 valence electrons. The molecule has 0 spiro atoms. The molecule has 0 atom stereocenters. The highest BCUT2D eigenvalue weighted by atomic mass is 35.5. The number of rotatable bonds is 3. The van der Waals surface area contributed by atoms with Gasteiger partial charge in [0, 0.05) is 6.07 Å². The van der Waals surface area contributed by atoms with Crippen molar-refractivity contribution in [3.05, 3.63) is 52.4 Å². The van der Waals surface area contributed by atoms with E-state index >= 15 is 0 Å². The summed E-state index contributed by atoms with van der Waals surface area (Å²) in [5.41, 5.74) is 0.203. The fourth-order valence-corrected chi connectivity index (χ4v) is 2.12. The van der Waals surface area contributed by atoms with Crippen LogP contribution in [0.15, 0.2) is 36.4 Å². The molecular weight excluding hydrogens is 297 g/mol. The van der Waals surface area contributed by atoms with Gasteiger partial charge >= 0.3 is 0 Å². The molecule has 4 nitrogen and oxygen atoms in total. The molecule has 0 unspecified atom stereocenters. The minimum absolute atomic E-state index is 0.00897. The number of carbonyl (C=O) groups excluding carboxylic acids is 1. The number of benzene rings is 1. The van der Waals surface area contributed by atoms with Crippen LogP contribution >= 0.6 is 23.2 Å². The van der Waals surface area contributed by atoms with E-state index in [2.05, 4.69) is 15.3 Å². The molecule has 2 rings (SSSR count). The topological polar surface area (TPSA) is 54.9 Å². The summed E-state index contributed by atoms with van der Waals surface area (Å²) < 4.78 is 0. The average molecular weight is 310 g/mol. The number of nitrogens with one attached hydrogen (secondary N) is 1. The fraction of sp³-hybridized carbons (Fsp3) is 0.214. The highest BCUT2D eigenvalue weighted by Gasteiger charge is 2.30. The minimum Gasteiger partial charge on any atom is -0.310 e. The van der Waals surface area contributed by atoms with E-state index in [1.165, 1.54) is 6.07 Å². The van der Waals surface area contributed by atoms with Crippen molar-refractivity contribution in [3.8, 4) is 0 Å².